The second-order valence-electron chi connectivity index (χ2n) is 6.71. The third kappa shape index (κ3) is 4.10. The third-order valence-electron chi connectivity index (χ3n) is 4.96. The van der Waals surface area contributed by atoms with Crippen LogP contribution in [0.2, 0.25) is 0 Å². The molecule has 3 rings (SSSR count). The molecule has 2 N–H and O–H groups in total. The predicted octanol–water partition coefficient (Wildman–Crippen LogP) is 2.69. The van der Waals surface area contributed by atoms with Crippen LogP contribution in [0.4, 0.5) is 4.79 Å². The number of hydrogen-bond acceptors (Lipinski definition) is 3. The van der Waals surface area contributed by atoms with Crippen LogP contribution in [0.5, 0.6) is 0 Å². The van der Waals surface area contributed by atoms with Crippen molar-refractivity contribution in [2.24, 2.45) is 0 Å². The Morgan fingerprint density at radius 3 is 2.52 bits per heavy atom. The van der Waals surface area contributed by atoms with E-state index in [1.165, 1.54) is 38.5 Å². The Morgan fingerprint density at radius 2 is 1.76 bits per heavy atom. The summed E-state index contributed by atoms with van der Waals surface area (Å²) in [7, 11) is 0. The number of hydrogen-bond donors (Lipinski definition) is 2. The van der Waals surface area contributed by atoms with Crippen LogP contribution in [0.15, 0.2) is 0 Å². The van der Waals surface area contributed by atoms with Gasteiger partial charge in [0.05, 0.1) is 6.61 Å². The highest BCUT2D eigenvalue weighted by Crippen LogP contribution is 2.37. The minimum absolute atomic E-state index is 0.000191. The fraction of sp³-hybridized carbons (Fsp3) is 0.938. The first-order valence-corrected chi connectivity index (χ1v) is 8.62. The maximum atomic E-state index is 11.9. The largest absolute Gasteiger partial charge is 0.347 e. The monoisotopic (exact) mass is 296 g/mol. The number of urea groups is 1. The summed E-state index contributed by atoms with van der Waals surface area (Å²) < 4.78 is 11.9. The topological polar surface area (TPSA) is 59.6 Å². The van der Waals surface area contributed by atoms with Crippen molar-refractivity contribution < 1.29 is 14.3 Å². The second kappa shape index (κ2) is 6.97. The van der Waals surface area contributed by atoms with Crippen LogP contribution in [0.3, 0.4) is 0 Å². The zero-order valence-electron chi connectivity index (χ0n) is 12.9. The predicted molar refractivity (Wildman–Crippen MR) is 80.0 cm³/mol. The summed E-state index contributed by atoms with van der Waals surface area (Å²) in [5, 5.41) is 6.01. The third-order valence-corrected chi connectivity index (χ3v) is 4.96. The van der Waals surface area contributed by atoms with Gasteiger partial charge in [0.15, 0.2) is 5.79 Å². The Balaban J connectivity index is 1.36. The number of ether oxygens (including phenoxy) is 2. The molecule has 1 unspecified atom stereocenters. The first-order valence-electron chi connectivity index (χ1n) is 8.62. The summed E-state index contributed by atoms with van der Waals surface area (Å²) in [5.74, 6) is -0.343. The van der Waals surface area contributed by atoms with Crippen molar-refractivity contribution in [3.8, 4) is 0 Å². The fourth-order valence-corrected chi connectivity index (χ4v) is 3.76. The zero-order valence-corrected chi connectivity index (χ0v) is 12.9. The van der Waals surface area contributed by atoms with Crippen molar-refractivity contribution in [1.29, 1.82) is 0 Å². The number of rotatable bonds is 3. The van der Waals surface area contributed by atoms with Crippen LogP contribution in [-0.4, -0.2) is 37.1 Å². The normalized spacial score (nSPS) is 29.4. The fourth-order valence-electron chi connectivity index (χ4n) is 3.76. The lowest BCUT2D eigenvalue weighted by Gasteiger charge is -2.31. The van der Waals surface area contributed by atoms with E-state index in [2.05, 4.69) is 10.6 Å². The van der Waals surface area contributed by atoms with Crippen molar-refractivity contribution in [1.82, 2.24) is 10.6 Å². The highest BCUT2D eigenvalue weighted by atomic mass is 16.7. The molecular weight excluding hydrogens is 268 g/mol. The number of nitrogens with one attached hydrogen (secondary N) is 2. The van der Waals surface area contributed by atoms with Crippen LogP contribution < -0.4 is 10.6 Å². The van der Waals surface area contributed by atoms with Gasteiger partial charge in [-0.15, -0.1) is 0 Å². The van der Waals surface area contributed by atoms with Crippen molar-refractivity contribution in [3.63, 3.8) is 0 Å². The van der Waals surface area contributed by atoms with E-state index in [1.54, 1.807) is 0 Å². The average molecular weight is 296 g/mol. The molecule has 3 fully saturated rings. The van der Waals surface area contributed by atoms with Gasteiger partial charge in [-0.1, -0.05) is 25.7 Å². The molecule has 21 heavy (non-hydrogen) atoms. The van der Waals surface area contributed by atoms with E-state index in [0.29, 0.717) is 19.2 Å². The Hall–Kier alpha value is -0.810. The molecule has 0 radical (unpaired) electrons. The molecule has 0 aromatic heterocycles. The van der Waals surface area contributed by atoms with E-state index in [4.69, 9.17) is 9.47 Å². The summed E-state index contributed by atoms with van der Waals surface area (Å²) >= 11 is 0. The van der Waals surface area contributed by atoms with Crippen molar-refractivity contribution >= 4 is 6.03 Å². The van der Waals surface area contributed by atoms with Crippen LogP contribution >= 0.6 is 0 Å². The van der Waals surface area contributed by atoms with E-state index < -0.39 is 0 Å². The Bertz CT molecular complexity index is 349. The molecule has 2 amide bonds. The Labute approximate surface area is 127 Å². The Morgan fingerprint density at radius 1 is 1.05 bits per heavy atom. The van der Waals surface area contributed by atoms with Crippen LogP contribution in [0, 0.1) is 0 Å². The molecule has 0 bridgehead atoms. The van der Waals surface area contributed by atoms with E-state index in [0.717, 1.165) is 25.7 Å². The van der Waals surface area contributed by atoms with Gasteiger partial charge in [-0.25, -0.2) is 4.79 Å². The van der Waals surface area contributed by atoms with Crippen LogP contribution in [0.1, 0.15) is 64.2 Å². The smallest absolute Gasteiger partial charge is 0.315 e. The van der Waals surface area contributed by atoms with Crippen molar-refractivity contribution in [3.05, 3.63) is 0 Å². The molecule has 120 valence electrons. The van der Waals surface area contributed by atoms with Gasteiger partial charge in [-0.2, -0.15) is 0 Å². The van der Waals surface area contributed by atoms with Gasteiger partial charge >= 0.3 is 6.03 Å². The molecule has 1 heterocycles. The molecule has 0 aromatic carbocycles. The SMILES string of the molecule is O=C(NCC1COC2(CCCCC2)O1)NC1CCCCC1. The molecule has 3 aliphatic rings. The molecule has 5 heteroatoms. The first-order chi connectivity index (χ1) is 10.3. The summed E-state index contributed by atoms with van der Waals surface area (Å²) in [6.07, 6.45) is 11.6. The summed E-state index contributed by atoms with van der Waals surface area (Å²) in [4.78, 5) is 11.9. The maximum absolute atomic E-state index is 11.9. The van der Waals surface area contributed by atoms with Gasteiger partial charge in [-0.3, -0.25) is 0 Å². The van der Waals surface area contributed by atoms with Crippen molar-refractivity contribution in [2.75, 3.05) is 13.2 Å². The molecule has 5 nitrogen and oxygen atoms in total. The molecule has 2 aliphatic carbocycles. The van der Waals surface area contributed by atoms with Gasteiger partial charge in [0.2, 0.25) is 0 Å². The van der Waals surface area contributed by atoms with Gasteiger partial charge < -0.3 is 20.1 Å². The van der Waals surface area contributed by atoms with E-state index in [9.17, 15) is 4.79 Å². The molecule has 1 spiro atoms. The second-order valence-corrected chi connectivity index (χ2v) is 6.71. The number of carbonyl (C=O) groups excluding carboxylic acids is 1. The molecule has 0 aromatic rings. The maximum Gasteiger partial charge on any atom is 0.315 e. The molecule has 1 atom stereocenters. The van der Waals surface area contributed by atoms with E-state index in [-0.39, 0.29) is 17.9 Å². The molecule has 1 aliphatic heterocycles. The standard InChI is InChI=1S/C16H28N2O3/c19-15(18-13-7-3-1-4-8-13)17-11-14-12-20-16(21-14)9-5-2-6-10-16/h13-14H,1-12H2,(H2,17,18,19). The van der Waals surface area contributed by atoms with Gasteiger partial charge in [0.25, 0.3) is 0 Å². The Kier molecular flexibility index (Phi) is 5.01. The first kappa shape index (κ1) is 15.1. The van der Waals surface area contributed by atoms with Crippen LogP contribution in [-0.2, 0) is 9.47 Å². The highest BCUT2D eigenvalue weighted by Gasteiger charge is 2.42. The molecule has 2 saturated carbocycles. The number of amides is 2. The van der Waals surface area contributed by atoms with Crippen LogP contribution in [0.25, 0.3) is 0 Å². The van der Waals surface area contributed by atoms with E-state index in [1.807, 2.05) is 0 Å². The molecular formula is C16H28N2O3. The van der Waals surface area contributed by atoms with E-state index >= 15 is 0 Å². The van der Waals surface area contributed by atoms with Gasteiger partial charge in [0, 0.05) is 25.4 Å². The summed E-state index contributed by atoms with van der Waals surface area (Å²) in [6.45, 7) is 1.14. The average Bonchev–Trinajstić information content (AvgIpc) is 2.90. The summed E-state index contributed by atoms with van der Waals surface area (Å²) in [6, 6.07) is 0.291. The lowest BCUT2D eigenvalue weighted by Crippen LogP contribution is -2.45. The highest BCUT2D eigenvalue weighted by molar-refractivity contribution is 5.74. The van der Waals surface area contributed by atoms with Gasteiger partial charge in [0.1, 0.15) is 6.10 Å². The lowest BCUT2D eigenvalue weighted by molar-refractivity contribution is -0.186. The quantitative estimate of drug-likeness (QED) is 0.842. The zero-order chi connectivity index (χ0) is 14.5. The minimum atomic E-state index is -0.343. The molecule has 1 saturated heterocycles. The summed E-state index contributed by atoms with van der Waals surface area (Å²) in [5.41, 5.74) is 0. The minimum Gasteiger partial charge on any atom is -0.347 e. The van der Waals surface area contributed by atoms with Gasteiger partial charge in [-0.05, 0) is 25.7 Å². The van der Waals surface area contributed by atoms with Crippen molar-refractivity contribution in [2.45, 2.75) is 82.1 Å². The number of carbonyl (C=O) groups is 1. The lowest BCUT2D eigenvalue weighted by atomic mass is 9.94.